The van der Waals surface area contributed by atoms with Crippen molar-refractivity contribution in [3.8, 4) is 0 Å². The van der Waals surface area contributed by atoms with Gasteiger partial charge in [0.25, 0.3) is 0 Å². The fraction of sp³-hybridized carbons (Fsp3) is 0.700. The number of methoxy groups -OCH3 is 1. The van der Waals surface area contributed by atoms with Gasteiger partial charge in [-0.25, -0.2) is 4.39 Å². The first-order chi connectivity index (χ1) is 5.91. The summed E-state index contributed by atoms with van der Waals surface area (Å²) >= 11 is 0. The Hall–Kier alpha value is -0.860. The van der Waals surface area contributed by atoms with E-state index in [1.807, 2.05) is 13.8 Å². The van der Waals surface area contributed by atoms with E-state index in [1.54, 1.807) is 0 Å². The molecule has 0 saturated heterocycles. The second-order valence-electron chi connectivity index (χ2n) is 4.10. The van der Waals surface area contributed by atoms with E-state index in [9.17, 15) is 9.18 Å². The van der Waals surface area contributed by atoms with E-state index in [0.29, 0.717) is 0 Å². The van der Waals surface area contributed by atoms with Crippen molar-refractivity contribution in [3.63, 3.8) is 0 Å². The lowest BCUT2D eigenvalue weighted by molar-refractivity contribution is -0.143. The van der Waals surface area contributed by atoms with E-state index in [2.05, 4.69) is 4.74 Å². The zero-order valence-electron chi connectivity index (χ0n) is 8.43. The largest absolute Gasteiger partial charge is 0.469 e. The Balaban J connectivity index is 2.72. The standard InChI is InChI=1S/C10H15FO2/c1-6(11)5-7-8(9(12)13-4)10(7,2)3/h5,7-8H,1-4H3/b6-5+. The molecule has 1 saturated carbocycles. The number of hydrogen-bond acceptors (Lipinski definition) is 2. The highest BCUT2D eigenvalue weighted by molar-refractivity contribution is 5.78. The Morgan fingerprint density at radius 1 is 1.54 bits per heavy atom. The maximum atomic E-state index is 12.6. The van der Waals surface area contributed by atoms with Crippen molar-refractivity contribution >= 4 is 5.97 Å². The molecule has 0 radical (unpaired) electrons. The van der Waals surface area contributed by atoms with Gasteiger partial charge in [0.2, 0.25) is 0 Å². The number of esters is 1. The van der Waals surface area contributed by atoms with Gasteiger partial charge in [-0.2, -0.15) is 0 Å². The van der Waals surface area contributed by atoms with Crippen LogP contribution in [0.5, 0.6) is 0 Å². The minimum absolute atomic E-state index is 0.00931. The number of carbonyl (C=O) groups is 1. The number of allylic oxidation sites excluding steroid dienone is 2. The van der Waals surface area contributed by atoms with Crippen LogP contribution in [0.15, 0.2) is 11.9 Å². The third kappa shape index (κ3) is 1.74. The van der Waals surface area contributed by atoms with Crippen molar-refractivity contribution in [2.75, 3.05) is 7.11 Å². The lowest BCUT2D eigenvalue weighted by atomic mass is 10.1. The number of halogens is 1. The molecule has 2 atom stereocenters. The second-order valence-corrected chi connectivity index (χ2v) is 4.10. The summed E-state index contributed by atoms with van der Waals surface area (Å²) in [6.45, 7) is 5.28. The fourth-order valence-corrected chi connectivity index (χ4v) is 1.81. The second kappa shape index (κ2) is 3.13. The van der Waals surface area contributed by atoms with Gasteiger partial charge in [0.05, 0.1) is 18.9 Å². The van der Waals surface area contributed by atoms with Gasteiger partial charge >= 0.3 is 5.97 Å². The Bertz CT molecular complexity index is 252. The minimum atomic E-state index is -0.243. The van der Waals surface area contributed by atoms with E-state index in [4.69, 9.17) is 0 Å². The quantitative estimate of drug-likeness (QED) is 0.618. The molecule has 0 aromatic rings. The summed E-state index contributed by atoms with van der Waals surface area (Å²) in [5.74, 6) is -0.662. The summed E-state index contributed by atoms with van der Waals surface area (Å²) in [6, 6.07) is 0. The molecule has 1 aliphatic carbocycles. The van der Waals surface area contributed by atoms with E-state index in [1.165, 1.54) is 20.1 Å². The monoisotopic (exact) mass is 186 g/mol. The molecule has 0 spiro atoms. The molecule has 0 amide bonds. The molecular weight excluding hydrogens is 171 g/mol. The highest BCUT2D eigenvalue weighted by atomic mass is 19.1. The molecule has 0 heterocycles. The summed E-state index contributed by atoms with van der Waals surface area (Å²) in [5, 5.41) is 0. The van der Waals surface area contributed by atoms with Crippen LogP contribution in [0.2, 0.25) is 0 Å². The molecule has 13 heavy (non-hydrogen) atoms. The van der Waals surface area contributed by atoms with Crippen molar-refractivity contribution in [3.05, 3.63) is 11.9 Å². The van der Waals surface area contributed by atoms with Gasteiger partial charge < -0.3 is 4.74 Å². The zero-order valence-corrected chi connectivity index (χ0v) is 8.43. The Kier molecular flexibility index (Phi) is 2.46. The first-order valence-corrected chi connectivity index (χ1v) is 4.33. The first kappa shape index (κ1) is 10.2. The topological polar surface area (TPSA) is 26.3 Å². The van der Waals surface area contributed by atoms with Gasteiger partial charge in [0.15, 0.2) is 0 Å². The number of carbonyl (C=O) groups excluding carboxylic acids is 1. The average Bonchev–Trinajstić information content (AvgIpc) is 2.51. The van der Waals surface area contributed by atoms with Crippen molar-refractivity contribution in [1.82, 2.24) is 0 Å². The third-order valence-electron chi connectivity index (χ3n) is 2.78. The zero-order chi connectivity index (χ0) is 10.2. The smallest absolute Gasteiger partial charge is 0.309 e. The van der Waals surface area contributed by atoms with E-state index >= 15 is 0 Å². The summed E-state index contributed by atoms with van der Waals surface area (Å²) in [7, 11) is 1.36. The molecule has 1 aliphatic rings. The lowest BCUT2D eigenvalue weighted by Crippen LogP contribution is -2.07. The average molecular weight is 186 g/mol. The number of hydrogen-bond donors (Lipinski definition) is 0. The van der Waals surface area contributed by atoms with Crippen LogP contribution in [0.25, 0.3) is 0 Å². The van der Waals surface area contributed by atoms with E-state index in [-0.39, 0.29) is 29.0 Å². The summed E-state index contributed by atoms with van der Waals surface area (Å²) in [6.07, 6.45) is 1.50. The Morgan fingerprint density at radius 2 is 2.08 bits per heavy atom. The molecular formula is C10H15FO2. The highest BCUT2D eigenvalue weighted by Gasteiger charge is 2.61. The summed E-state index contributed by atoms with van der Waals surface area (Å²) in [4.78, 5) is 11.2. The van der Waals surface area contributed by atoms with Crippen LogP contribution in [0.3, 0.4) is 0 Å². The Labute approximate surface area is 77.8 Å². The first-order valence-electron chi connectivity index (χ1n) is 4.33. The molecule has 2 nitrogen and oxygen atoms in total. The molecule has 0 aromatic carbocycles. The predicted molar refractivity (Wildman–Crippen MR) is 47.6 cm³/mol. The molecule has 0 aromatic heterocycles. The van der Waals surface area contributed by atoms with Crippen molar-refractivity contribution in [2.24, 2.45) is 17.3 Å². The van der Waals surface area contributed by atoms with Crippen LogP contribution in [0.4, 0.5) is 4.39 Å². The SMILES string of the molecule is COC(=O)C1C(/C=C(\C)F)C1(C)C. The lowest BCUT2D eigenvalue weighted by Gasteiger charge is -1.98. The van der Waals surface area contributed by atoms with Gasteiger partial charge in [-0.3, -0.25) is 4.79 Å². The molecule has 0 bridgehead atoms. The van der Waals surface area contributed by atoms with Crippen LogP contribution < -0.4 is 0 Å². The Morgan fingerprint density at radius 3 is 2.46 bits per heavy atom. The highest BCUT2D eigenvalue weighted by Crippen LogP contribution is 2.59. The van der Waals surface area contributed by atoms with Crippen molar-refractivity contribution in [1.29, 1.82) is 0 Å². The van der Waals surface area contributed by atoms with Crippen molar-refractivity contribution < 1.29 is 13.9 Å². The van der Waals surface area contributed by atoms with Crippen LogP contribution in [-0.4, -0.2) is 13.1 Å². The van der Waals surface area contributed by atoms with Crippen LogP contribution in [0.1, 0.15) is 20.8 Å². The van der Waals surface area contributed by atoms with Crippen LogP contribution >= 0.6 is 0 Å². The van der Waals surface area contributed by atoms with Crippen molar-refractivity contribution in [2.45, 2.75) is 20.8 Å². The number of rotatable bonds is 2. The molecule has 3 heteroatoms. The molecule has 1 rings (SSSR count). The van der Waals surface area contributed by atoms with E-state index < -0.39 is 0 Å². The third-order valence-corrected chi connectivity index (χ3v) is 2.78. The van der Waals surface area contributed by atoms with Gasteiger partial charge in [0.1, 0.15) is 0 Å². The molecule has 1 fully saturated rings. The molecule has 2 unspecified atom stereocenters. The maximum Gasteiger partial charge on any atom is 0.309 e. The summed E-state index contributed by atoms with van der Waals surface area (Å²) in [5.41, 5.74) is -0.152. The summed E-state index contributed by atoms with van der Waals surface area (Å²) < 4.78 is 17.2. The predicted octanol–water partition coefficient (Wildman–Crippen LogP) is 2.30. The van der Waals surface area contributed by atoms with Gasteiger partial charge in [-0.15, -0.1) is 0 Å². The molecule has 0 aliphatic heterocycles. The minimum Gasteiger partial charge on any atom is -0.469 e. The van der Waals surface area contributed by atoms with Gasteiger partial charge in [0, 0.05) is 0 Å². The van der Waals surface area contributed by atoms with E-state index in [0.717, 1.165) is 0 Å². The number of ether oxygens (including phenoxy) is 1. The van der Waals surface area contributed by atoms with Crippen LogP contribution in [0, 0.1) is 17.3 Å². The molecule has 74 valence electrons. The maximum absolute atomic E-state index is 12.6. The fourth-order valence-electron chi connectivity index (χ4n) is 1.81. The van der Waals surface area contributed by atoms with Gasteiger partial charge in [-0.1, -0.05) is 13.8 Å². The molecule has 0 N–H and O–H groups in total. The van der Waals surface area contributed by atoms with Gasteiger partial charge in [-0.05, 0) is 24.3 Å². The van der Waals surface area contributed by atoms with Crippen LogP contribution in [-0.2, 0) is 9.53 Å². The normalized spacial score (nSPS) is 31.3.